The van der Waals surface area contributed by atoms with E-state index < -0.39 is 0 Å². The van der Waals surface area contributed by atoms with Gasteiger partial charge in [0.1, 0.15) is 18.4 Å². The maximum absolute atomic E-state index is 8.97. The second-order valence-corrected chi connectivity index (χ2v) is 6.19. The van der Waals surface area contributed by atoms with Crippen molar-refractivity contribution < 1.29 is 5.21 Å². The van der Waals surface area contributed by atoms with E-state index in [1.807, 2.05) is 37.3 Å². The molecule has 0 atom stereocenters. The van der Waals surface area contributed by atoms with Crippen LogP contribution in [0, 0.1) is 6.92 Å². The van der Waals surface area contributed by atoms with Crippen molar-refractivity contribution in [3.05, 3.63) is 81.3 Å². The topological polar surface area (TPSA) is 63.3 Å². The normalized spacial score (nSPS) is 11.0. The molecule has 0 saturated heterocycles. The Morgan fingerprint density at radius 2 is 1.68 bits per heavy atom. The highest BCUT2D eigenvalue weighted by molar-refractivity contribution is 6.36. The van der Waals surface area contributed by atoms with Gasteiger partial charge >= 0.3 is 0 Å². The van der Waals surface area contributed by atoms with Gasteiger partial charge in [-0.15, -0.1) is 0 Å². The van der Waals surface area contributed by atoms with Gasteiger partial charge in [-0.1, -0.05) is 64.2 Å². The Hall–Kier alpha value is -2.08. The summed E-state index contributed by atoms with van der Waals surface area (Å²) in [5, 5.41) is 18.1. The Morgan fingerprint density at radius 3 is 2.20 bits per heavy atom. The molecule has 0 unspecified atom stereocenters. The van der Waals surface area contributed by atoms with Gasteiger partial charge in [0.25, 0.3) is 0 Å². The molecule has 0 fully saturated rings. The summed E-state index contributed by atoms with van der Waals surface area (Å²) in [6.07, 6.45) is 2.96. The first-order valence-electron chi connectivity index (χ1n) is 7.21. The molecular weight excluding hydrogens is 383 g/mol. The maximum Gasteiger partial charge on any atom is 0.137 e. The maximum atomic E-state index is 8.97. The molecule has 25 heavy (non-hydrogen) atoms. The Kier molecular flexibility index (Phi) is 7.25. The average Bonchev–Trinajstić information content (AvgIpc) is 3.12. The second kappa shape index (κ2) is 9.42. The lowest BCUT2D eigenvalue weighted by Crippen LogP contribution is -2.12. The third-order valence-electron chi connectivity index (χ3n) is 3.29. The number of benzene rings is 2. The molecule has 0 saturated carbocycles. The molecule has 5 nitrogen and oxygen atoms in total. The van der Waals surface area contributed by atoms with Crippen LogP contribution >= 0.6 is 34.8 Å². The van der Waals surface area contributed by atoms with Gasteiger partial charge in [0.15, 0.2) is 0 Å². The van der Waals surface area contributed by atoms with Crippen molar-refractivity contribution in [2.75, 3.05) is 0 Å². The van der Waals surface area contributed by atoms with E-state index in [0.717, 1.165) is 15.6 Å². The summed E-state index contributed by atoms with van der Waals surface area (Å²) in [6.45, 7) is 2.21. The summed E-state index contributed by atoms with van der Waals surface area (Å²) in [4.78, 5) is 3.81. The van der Waals surface area contributed by atoms with Crippen LogP contribution in [0.3, 0.4) is 0 Å². The van der Waals surface area contributed by atoms with Crippen LogP contribution in [0.5, 0.6) is 0 Å². The molecule has 0 radical (unpaired) electrons. The summed E-state index contributed by atoms with van der Waals surface area (Å²) < 4.78 is 1.55. The molecule has 0 amide bonds. The fourth-order valence-electron chi connectivity index (χ4n) is 1.91. The summed E-state index contributed by atoms with van der Waals surface area (Å²) in [5.41, 5.74) is 2.07. The molecule has 0 bridgehead atoms. The summed E-state index contributed by atoms with van der Waals surface area (Å²) in [6, 6.07) is 12.6. The van der Waals surface area contributed by atoms with E-state index in [9.17, 15) is 0 Å². The van der Waals surface area contributed by atoms with E-state index in [4.69, 9.17) is 40.0 Å². The Labute approximate surface area is 160 Å². The smallest absolute Gasteiger partial charge is 0.137 e. The molecule has 1 aromatic heterocycles. The van der Waals surface area contributed by atoms with Gasteiger partial charge in [0, 0.05) is 20.6 Å². The zero-order valence-electron chi connectivity index (χ0n) is 13.3. The van der Waals surface area contributed by atoms with Crippen LogP contribution in [0.2, 0.25) is 15.1 Å². The number of rotatable bonds is 3. The van der Waals surface area contributed by atoms with Gasteiger partial charge in [0.2, 0.25) is 0 Å². The molecule has 0 aliphatic heterocycles. The molecular formula is C17H15Cl3N4O. The van der Waals surface area contributed by atoms with Crippen LogP contribution in [0.15, 0.2) is 60.3 Å². The molecule has 1 N–H and O–H groups in total. The van der Waals surface area contributed by atoms with Gasteiger partial charge in [-0.2, -0.15) is 5.10 Å². The van der Waals surface area contributed by atoms with Crippen molar-refractivity contribution in [2.24, 2.45) is 5.16 Å². The van der Waals surface area contributed by atoms with Gasteiger partial charge in [-0.05, 0) is 30.7 Å². The van der Waals surface area contributed by atoms with Crippen molar-refractivity contribution in [3.63, 3.8) is 0 Å². The third-order valence-corrected chi connectivity index (χ3v) is 4.43. The third kappa shape index (κ3) is 5.46. The second-order valence-electron chi connectivity index (χ2n) is 4.97. The molecule has 0 aliphatic rings. The lowest BCUT2D eigenvalue weighted by Gasteiger charge is -2.06. The standard InChI is InChI=1S/C10H9ClN4O.C7H6Cl2/c11-9-4-2-1-3-8(9)10(14-16)5-15-7-12-6-13-15;1-5-6(8)3-2-4-7(5)9/h1-4,6-7,16H,5H2;2-4H,1H3. The highest BCUT2D eigenvalue weighted by atomic mass is 35.5. The first-order chi connectivity index (χ1) is 12.0. The summed E-state index contributed by atoms with van der Waals surface area (Å²) in [7, 11) is 0. The molecule has 2 aromatic carbocycles. The van der Waals surface area contributed by atoms with E-state index in [1.165, 1.54) is 6.33 Å². The molecule has 3 aromatic rings. The van der Waals surface area contributed by atoms with Crippen molar-refractivity contribution in [1.82, 2.24) is 14.8 Å². The van der Waals surface area contributed by atoms with Crippen molar-refractivity contribution in [1.29, 1.82) is 0 Å². The van der Waals surface area contributed by atoms with E-state index in [2.05, 4.69) is 15.2 Å². The first-order valence-corrected chi connectivity index (χ1v) is 8.35. The van der Waals surface area contributed by atoms with E-state index in [1.54, 1.807) is 23.1 Å². The van der Waals surface area contributed by atoms with Gasteiger partial charge in [-0.3, -0.25) is 0 Å². The minimum Gasteiger partial charge on any atom is -0.411 e. The van der Waals surface area contributed by atoms with Crippen LogP contribution in [-0.2, 0) is 6.54 Å². The molecule has 0 spiro atoms. The first kappa shape index (κ1) is 19.2. The number of nitrogens with zero attached hydrogens (tertiary/aromatic N) is 4. The summed E-state index contributed by atoms with van der Waals surface area (Å²) >= 11 is 17.5. The minimum atomic E-state index is 0.320. The van der Waals surface area contributed by atoms with Crippen molar-refractivity contribution >= 4 is 40.5 Å². The van der Waals surface area contributed by atoms with Crippen molar-refractivity contribution in [2.45, 2.75) is 13.5 Å². The number of aromatic nitrogens is 3. The van der Waals surface area contributed by atoms with Gasteiger partial charge < -0.3 is 5.21 Å². The molecule has 130 valence electrons. The number of halogens is 3. The fourth-order valence-corrected chi connectivity index (χ4v) is 2.56. The van der Waals surface area contributed by atoms with Gasteiger partial charge in [0.05, 0.1) is 6.54 Å². The number of oxime groups is 1. The molecule has 1 heterocycles. The summed E-state index contributed by atoms with van der Waals surface area (Å²) in [5.74, 6) is 0. The van der Waals surface area contributed by atoms with Crippen LogP contribution in [0.4, 0.5) is 0 Å². The highest BCUT2D eigenvalue weighted by Gasteiger charge is 2.09. The van der Waals surface area contributed by atoms with Crippen LogP contribution in [0.1, 0.15) is 11.1 Å². The van der Waals surface area contributed by atoms with E-state index in [0.29, 0.717) is 22.8 Å². The predicted molar refractivity (Wildman–Crippen MR) is 101 cm³/mol. The zero-order chi connectivity index (χ0) is 18.2. The molecule has 3 rings (SSSR count). The molecule has 0 aliphatic carbocycles. The Morgan fingerprint density at radius 1 is 1.04 bits per heavy atom. The SMILES string of the molecule is Cc1c(Cl)cccc1Cl.ON=C(Cn1cncn1)c1ccccc1Cl. The Balaban J connectivity index is 0.000000212. The van der Waals surface area contributed by atoms with E-state index in [-0.39, 0.29) is 0 Å². The minimum absolute atomic E-state index is 0.320. The average molecular weight is 398 g/mol. The lowest BCUT2D eigenvalue weighted by molar-refractivity contribution is 0.317. The fraction of sp³-hybridized carbons (Fsp3) is 0.118. The van der Waals surface area contributed by atoms with E-state index >= 15 is 0 Å². The zero-order valence-corrected chi connectivity index (χ0v) is 15.5. The van der Waals surface area contributed by atoms with Gasteiger partial charge in [-0.25, -0.2) is 9.67 Å². The number of hydrogen-bond donors (Lipinski definition) is 1. The van der Waals surface area contributed by atoms with Crippen LogP contribution in [-0.4, -0.2) is 25.7 Å². The number of hydrogen-bond acceptors (Lipinski definition) is 4. The van der Waals surface area contributed by atoms with Crippen LogP contribution < -0.4 is 0 Å². The molecule has 8 heteroatoms. The predicted octanol–water partition coefficient (Wildman–Crippen LogP) is 5.11. The van der Waals surface area contributed by atoms with Crippen LogP contribution in [0.25, 0.3) is 0 Å². The lowest BCUT2D eigenvalue weighted by atomic mass is 10.1. The largest absolute Gasteiger partial charge is 0.411 e. The monoisotopic (exact) mass is 396 g/mol. The Bertz CT molecular complexity index is 831. The highest BCUT2D eigenvalue weighted by Crippen LogP contribution is 2.22. The quantitative estimate of drug-likeness (QED) is 0.379. The van der Waals surface area contributed by atoms with Crippen molar-refractivity contribution in [3.8, 4) is 0 Å².